The maximum Gasteiger partial charge on any atom is 0.245 e. The molecule has 13 heteroatoms. The van der Waals surface area contributed by atoms with E-state index in [1.807, 2.05) is 79.4 Å². The van der Waals surface area contributed by atoms with E-state index in [-0.39, 0.29) is 29.6 Å². The molecule has 1 spiro atoms. The molecule has 2 aromatic carbocycles. The Bertz CT molecular complexity index is 1570. The summed E-state index contributed by atoms with van der Waals surface area (Å²) in [6.45, 7) is 10.9. The Morgan fingerprint density at radius 2 is 1.14 bits per heavy atom. The number of carbonyl (C=O) groups excluding carboxylic acids is 5. The van der Waals surface area contributed by atoms with Crippen molar-refractivity contribution in [3.8, 4) is 0 Å². The van der Waals surface area contributed by atoms with Crippen molar-refractivity contribution in [2.45, 2.75) is 116 Å². The van der Waals surface area contributed by atoms with Crippen molar-refractivity contribution < 1.29 is 24.0 Å². The molecule has 2 saturated heterocycles. The first-order valence-electron chi connectivity index (χ1n) is 20.5. The van der Waals surface area contributed by atoms with Gasteiger partial charge in [-0.1, -0.05) is 88.4 Å². The van der Waals surface area contributed by atoms with E-state index in [2.05, 4.69) is 29.8 Å². The molecule has 5 amide bonds. The van der Waals surface area contributed by atoms with Gasteiger partial charge in [-0.15, -0.1) is 0 Å². The first-order chi connectivity index (χ1) is 26.7. The third kappa shape index (κ3) is 13.1. The van der Waals surface area contributed by atoms with Crippen molar-refractivity contribution in [2.24, 2.45) is 34.5 Å². The second-order valence-corrected chi connectivity index (χ2v) is 16.8. The predicted molar refractivity (Wildman–Crippen MR) is 219 cm³/mol. The summed E-state index contributed by atoms with van der Waals surface area (Å²) in [6.07, 6.45) is 4.81. The molecule has 0 saturated carbocycles. The van der Waals surface area contributed by atoms with Crippen LogP contribution in [0.15, 0.2) is 60.7 Å². The van der Waals surface area contributed by atoms with Crippen LogP contribution in [-0.4, -0.2) is 102 Å². The normalized spacial score (nSPS) is 17.7. The number of nitrogens with one attached hydrogen (secondary N) is 3. The van der Waals surface area contributed by atoms with Gasteiger partial charge in [0.25, 0.3) is 0 Å². The van der Waals surface area contributed by atoms with Gasteiger partial charge < -0.3 is 43.0 Å². The molecule has 2 aliphatic rings. The molecule has 2 fully saturated rings. The second kappa shape index (κ2) is 21.3. The highest BCUT2D eigenvalue weighted by molar-refractivity contribution is 5.95. The Labute approximate surface area is 333 Å². The minimum Gasteiger partial charge on any atom is -0.343 e. The summed E-state index contributed by atoms with van der Waals surface area (Å²) in [5, 5.41) is 8.76. The van der Waals surface area contributed by atoms with E-state index < -0.39 is 47.9 Å². The first kappa shape index (κ1) is 44.4. The number of amides is 5. The average molecular weight is 775 g/mol. The van der Waals surface area contributed by atoms with Crippen molar-refractivity contribution in [3.63, 3.8) is 0 Å². The number of unbranched alkanes of at least 4 members (excludes halogenated alkanes) is 1. The smallest absolute Gasteiger partial charge is 0.245 e. The van der Waals surface area contributed by atoms with E-state index >= 15 is 0 Å². The Morgan fingerprint density at radius 1 is 0.625 bits per heavy atom. The van der Waals surface area contributed by atoms with Gasteiger partial charge in [-0.2, -0.15) is 0 Å². The lowest BCUT2D eigenvalue weighted by Crippen LogP contribution is -2.66. The van der Waals surface area contributed by atoms with Gasteiger partial charge in [0, 0.05) is 38.0 Å². The van der Waals surface area contributed by atoms with Crippen molar-refractivity contribution >= 4 is 29.5 Å². The average Bonchev–Trinajstić information content (AvgIpc) is 3.15. The Kier molecular flexibility index (Phi) is 16.9. The number of rotatable bonds is 20. The predicted octanol–water partition coefficient (Wildman–Crippen LogP) is 2.25. The summed E-state index contributed by atoms with van der Waals surface area (Å²) in [5.74, 6) is -1.23. The summed E-state index contributed by atoms with van der Waals surface area (Å²) in [6, 6.07) is 14.6. The van der Waals surface area contributed by atoms with Crippen LogP contribution in [-0.2, 0) is 36.8 Å². The quantitative estimate of drug-likeness (QED) is 0.110. The van der Waals surface area contributed by atoms with Crippen molar-refractivity contribution in [1.29, 1.82) is 0 Å². The van der Waals surface area contributed by atoms with E-state index in [1.165, 1.54) is 0 Å². The molecule has 2 aromatic rings. The molecule has 13 nitrogen and oxygen atoms in total. The third-order valence-electron chi connectivity index (χ3n) is 11.0. The zero-order chi connectivity index (χ0) is 40.8. The van der Waals surface area contributed by atoms with Gasteiger partial charge >= 0.3 is 0 Å². The lowest BCUT2D eigenvalue weighted by molar-refractivity contribution is -0.153. The maximum absolute atomic E-state index is 14.0. The summed E-state index contributed by atoms with van der Waals surface area (Å²) < 4.78 is 0. The van der Waals surface area contributed by atoms with E-state index in [1.54, 1.807) is 4.90 Å². The van der Waals surface area contributed by atoms with Crippen LogP contribution in [0.4, 0.5) is 0 Å². The number of benzene rings is 2. The van der Waals surface area contributed by atoms with Gasteiger partial charge in [0.05, 0.1) is 12.1 Å². The molecule has 2 heterocycles. The Morgan fingerprint density at radius 3 is 1.70 bits per heavy atom. The van der Waals surface area contributed by atoms with Crippen LogP contribution in [0.1, 0.15) is 83.8 Å². The van der Waals surface area contributed by atoms with Gasteiger partial charge in [0.15, 0.2) is 0 Å². The van der Waals surface area contributed by atoms with Crippen LogP contribution in [0.2, 0.25) is 0 Å². The van der Waals surface area contributed by atoms with Crippen LogP contribution >= 0.6 is 0 Å². The number of nitrogens with zero attached hydrogens (tertiary/aromatic N) is 2. The van der Waals surface area contributed by atoms with E-state index in [0.717, 1.165) is 24.0 Å². The maximum atomic E-state index is 14.0. The second-order valence-electron chi connectivity index (χ2n) is 16.8. The summed E-state index contributed by atoms with van der Waals surface area (Å²) in [7, 11) is 0. The van der Waals surface area contributed by atoms with Crippen LogP contribution in [0.5, 0.6) is 0 Å². The zero-order valence-electron chi connectivity index (χ0n) is 33.9. The van der Waals surface area contributed by atoms with Crippen molar-refractivity contribution in [1.82, 2.24) is 25.8 Å². The highest BCUT2D eigenvalue weighted by atomic mass is 16.2. The molecule has 4 rings (SSSR count). The van der Waals surface area contributed by atoms with Crippen LogP contribution in [0, 0.1) is 17.3 Å². The molecular weight excluding hydrogens is 709 g/mol. The van der Waals surface area contributed by atoms with Gasteiger partial charge in [-0.3, -0.25) is 24.0 Å². The molecule has 0 radical (unpaired) electrons. The van der Waals surface area contributed by atoms with E-state index in [9.17, 15) is 24.0 Å². The standard InChI is InChI=1S/C43H66N8O5/c1-29(2)23-34(46)41(55)50-21-18-43(19-22-50)27-51(28-43)42(56)35(17-11-12-20-44)47-39(53)36(24-30(3)4)49-40(54)37(26-32-15-9-6-10-16-32)48-38(52)33(45)25-31-13-7-5-8-14-31/h5-10,13-16,29-30,33-37H,11-12,17-28,44-46H2,1-4H3,(H,47,53)(H,48,52)(H,49,54)/t33-,34-,35?,36?,37?/m1/s1. The number of hydrogen-bond acceptors (Lipinski definition) is 8. The molecule has 3 unspecified atom stereocenters. The fraction of sp³-hybridized carbons (Fsp3) is 0.605. The molecular formula is C43H66N8O5. The van der Waals surface area contributed by atoms with E-state index in [4.69, 9.17) is 17.2 Å². The minimum absolute atomic E-state index is 0.00747. The minimum atomic E-state index is -0.999. The summed E-state index contributed by atoms with van der Waals surface area (Å²) in [5.41, 5.74) is 19.9. The highest BCUT2D eigenvalue weighted by Crippen LogP contribution is 2.41. The summed E-state index contributed by atoms with van der Waals surface area (Å²) >= 11 is 0. The highest BCUT2D eigenvalue weighted by Gasteiger charge is 2.48. The largest absolute Gasteiger partial charge is 0.343 e. The van der Waals surface area contributed by atoms with Gasteiger partial charge in [-0.25, -0.2) is 0 Å². The molecule has 0 aliphatic carbocycles. The molecule has 2 aliphatic heterocycles. The zero-order valence-corrected chi connectivity index (χ0v) is 33.9. The Hall–Kier alpha value is -4.33. The van der Waals surface area contributed by atoms with Gasteiger partial charge in [0.2, 0.25) is 29.5 Å². The number of piperidine rings is 1. The number of carbonyl (C=O) groups is 5. The lowest BCUT2D eigenvalue weighted by atomic mass is 9.71. The third-order valence-corrected chi connectivity index (χ3v) is 11.0. The molecule has 0 aromatic heterocycles. The van der Waals surface area contributed by atoms with Gasteiger partial charge in [0.1, 0.15) is 18.1 Å². The van der Waals surface area contributed by atoms with Crippen LogP contribution in [0.3, 0.4) is 0 Å². The van der Waals surface area contributed by atoms with Crippen molar-refractivity contribution in [2.75, 3.05) is 32.7 Å². The lowest BCUT2D eigenvalue weighted by Gasteiger charge is -2.54. The van der Waals surface area contributed by atoms with Crippen LogP contribution in [0.25, 0.3) is 0 Å². The molecule has 56 heavy (non-hydrogen) atoms. The molecule has 9 N–H and O–H groups in total. The molecule has 0 bridgehead atoms. The monoisotopic (exact) mass is 775 g/mol. The van der Waals surface area contributed by atoms with Crippen molar-refractivity contribution in [3.05, 3.63) is 71.8 Å². The molecule has 5 atom stereocenters. The number of hydrogen-bond donors (Lipinski definition) is 6. The summed E-state index contributed by atoms with van der Waals surface area (Å²) in [4.78, 5) is 72.0. The number of likely N-dealkylation sites (tertiary alicyclic amines) is 2. The number of nitrogens with two attached hydrogens (primary N) is 3. The van der Waals surface area contributed by atoms with Gasteiger partial charge in [-0.05, 0) is 80.9 Å². The Balaban J connectivity index is 1.41. The first-order valence-corrected chi connectivity index (χ1v) is 20.5. The SMILES string of the molecule is CC(C)CC(NC(=O)C(Cc1ccccc1)NC(=O)[C@H](N)Cc1ccccc1)C(=O)NC(CCCCN)C(=O)N1CC2(CCN(C(=O)[C@H](N)CC(C)C)CC2)C1. The topological polar surface area (TPSA) is 206 Å². The molecule has 308 valence electrons. The fourth-order valence-electron chi connectivity index (χ4n) is 7.80. The van der Waals surface area contributed by atoms with E-state index in [0.29, 0.717) is 77.2 Å². The van der Waals surface area contributed by atoms with Crippen LogP contribution < -0.4 is 33.2 Å². The fourth-order valence-corrected chi connectivity index (χ4v) is 7.80.